The van der Waals surface area contributed by atoms with E-state index in [0.29, 0.717) is 17.3 Å². The first-order valence-corrected chi connectivity index (χ1v) is 8.03. The standard InChI is InChI=1S/C18H18N4O4/c1-3-25-14(23)8-13-21-16-15(10-4-6-11(24-2)7-5-10)12(9-19)17(20)26-18(16)22-13/h4-7,15H,3,8,20H2,1-2H3,(H,21,22). The molecule has 0 saturated heterocycles. The first-order valence-electron chi connectivity index (χ1n) is 8.03. The normalized spacial score (nSPS) is 15.7. The van der Waals surface area contributed by atoms with E-state index < -0.39 is 11.9 Å². The molecule has 1 aliphatic heterocycles. The van der Waals surface area contributed by atoms with Crippen LogP contribution in [0.1, 0.15) is 29.9 Å². The fourth-order valence-corrected chi connectivity index (χ4v) is 2.82. The van der Waals surface area contributed by atoms with Crippen LogP contribution in [0.4, 0.5) is 0 Å². The Morgan fingerprint density at radius 3 is 2.77 bits per heavy atom. The monoisotopic (exact) mass is 354 g/mol. The maximum atomic E-state index is 11.7. The molecular weight excluding hydrogens is 336 g/mol. The number of rotatable bonds is 5. The zero-order valence-corrected chi connectivity index (χ0v) is 14.4. The largest absolute Gasteiger partial charge is 0.497 e. The van der Waals surface area contributed by atoms with E-state index in [1.165, 1.54) is 0 Å². The number of ether oxygens (including phenoxy) is 3. The van der Waals surface area contributed by atoms with Gasteiger partial charge >= 0.3 is 5.97 Å². The lowest BCUT2D eigenvalue weighted by molar-refractivity contribution is -0.142. The highest BCUT2D eigenvalue weighted by atomic mass is 16.5. The molecule has 2 aromatic rings. The average molecular weight is 354 g/mol. The van der Waals surface area contributed by atoms with Crippen LogP contribution in [-0.4, -0.2) is 29.7 Å². The number of aromatic amines is 1. The van der Waals surface area contributed by atoms with E-state index in [9.17, 15) is 10.1 Å². The number of benzene rings is 1. The van der Waals surface area contributed by atoms with Gasteiger partial charge in [0.15, 0.2) is 0 Å². The number of nitrogens with zero attached hydrogens (tertiary/aromatic N) is 2. The Morgan fingerprint density at radius 2 is 2.15 bits per heavy atom. The topological polar surface area (TPSA) is 123 Å². The summed E-state index contributed by atoms with van der Waals surface area (Å²) in [5, 5.41) is 9.54. The third kappa shape index (κ3) is 3.19. The number of carbonyl (C=O) groups excluding carboxylic acids is 1. The number of hydrogen-bond donors (Lipinski definition) is 2. The van der Waals surface area contributed by atoms with Crippen molar-refractivity contribution in [2.45, 2.75) is 19.3 Å². The van der Waals surface area contributed by atoms with Gasteiger partial charge in [-0.05, 0) is 24.6 Å². The van der Waals surface area contributed by atoms with Crippen LogP contribution in [-0.2, 0) is 16.0 Å². The first-order chi connectivity index (χ1) is 12.6. The van der Waals surface area contributed by atoms with Gasteiger partial charge in [-0.3, -0.25) is 4.79 Å². The van der Waals surface area contributed by atoms with Gasteiger partial charge in [-0.1, -0.05) is 12.1 Å². The minimum atomic E-state index is -0.474. The molecule has 1 aromatic heterocycles. The SMILES string of the molecule is CCOC(=O)Cc1nc2c([nH]1)C(c1ccc(OC)cc1)C(C#N)=C(N)O2. The Labute approximate surface area is 150 Å². The molecule has 8 nitrogen and oxygen atoms in total. The molecule has 8 heteroatoms. The predicted molar refractivity (Wildman–Crippen MR) is 91.2 cm³/mol. The molecule has 0 fully saturated rings. The van der Waals surface area contributed by atoms with E-state index in [1.54, 1.807) is 26.2 Å². The van der Waals surface area contributed by atoms with Crippen molar-refractivity contribution in [2.75, 3.05) is 13.7 Å². The zero-order valence-electron chi connectivity index (χ0n) is 14.4. The number of nitrogens with two attached hydrogens (primary N) is 1. The van der Waals surface area contributed by atoms with Crippen LogP contribution in [0.3, 0.4) is 0 Å². The number of nitrogens with one attached hydrogen (secondary N) is 1. The van der Waals surface area contributed by atoms with Crippen LogP contribution >= 0.6 is 0 Å². The summed E-state index contributed by atoms with van der Waals surface area (Å²) < 4.78 is 15.6. The van der Waals surface area contributed by atoms with Gasteiger partial charge in [0.25, 0.3) is 0 Å². The van der Waals surface area contributed by atoms with Gasteiger partial charge in [0.2, 0.25) is 11.8 Å². The lowest BCUT2D eigenvalue weighted by atomic mass is 9.88. The van der Waals surface area contributed by atoms with Crippen LogP contribution in [0, 0.1) is 11.3 Å². The van der Waals surface area contributed by atoms with Crippen LogP contribution < -0.4 is 15.2 Å². The number of aromatic nitrogens is 2. The van der Waals surface area contributed by atoms with Crippen molar-refractivity contribution in [1.82, 2.24) is 9.97 Å². The Bertz CT molecular complexity index is 893. The van der Waals surface area contributed by atoms with E-state index in [-0.39, 0.29) is 30.4 Å². The fraction of sp³-hybridized carbons (Fsp3) is 0.278. The lowest BCUT2D eigenvalue weighted by Crippen LogP contribution is -2.21. The summed E-state index contributed by atoms with van der Waals surface area (Å²) in [5.74, 6) is 0.457. The molecule has 1 atom stereocenters. The molecule has 0 radical (unpaired) electrons. The number of hydrogen-bond acceptors (Lipinski definition) is 7. The molecule has 3 rings (SSSR count). The van der Waals surface area contributed by atoms with Crippen molar-refractivity contribution in [3.05, 3.63) is 52.8 Å². The number of imidazole rings is 1. The van der Waals surface area contributed by atoms with E-state index >= 15 is 0 Å². The summed E-state index contributed by atoms with van der Waals surface area (Å²) in [5.41, 5.74) is 7.57. The fourth-order valence-electron chi connectivity index (χ4n) is 2.82. The highest BCUT2D eigenvalue weighted by Gasteiger charge is 2.34. The quantitative estimate of drug-likeness (QED) is 0.784. The van der Waals surface area contributed by atoms with Crippen molar-refractivity contribution in [2.24, 2.45) is 5.73 Å². The lowest BCUT2D eigenvalue weighted by Gasteiger charge is -2.22. The van der Waals surface area contributed by atoms with Crippen molar-refractivity contribution >= 4 is 5.97 Å². The molecule has 26 heavy (non-hydrogen) atoms. The molecule has 3 N–H and O–H groups in total. The molecule has 0 spiro atoms. The van der Waals surface area contributed by atoms with Gasteiger partial charge in [0, 0.05) is 0 Å². The number of fused-ring (bicyclic) bond motifs is 1. The summed E-state index contributed by atoms with van der Waals surface area (Å²) >= 11 is 0. The number of esters is 1. The Hall–Kier alpha value is -3.47. The molecule has 1 aromatic carbocycles. The van der Waals surface area contributed by atoms with Gasteiger partial charge < -0.3 is 24.9 Å². The molecule has 134 valence electrons. The van der Waals surface area contributed by atoms with Crippen LogP contribution in [0.2, 0.25) is 0 Å². The first kappa shape index (κ1) is 17.4. The van der Waals surface area contributed by atoms with Gasteiger partial charge in [0.05, 0.1) is 25.3 Å². The van der Waals surface area contributed by atoms with Gasteiger partial charge in [-0.15, -0.1) is 0 Å². The molecule has 0 aliphatic carbocycles. The average Bonchev–Trinajstić information content (AvgIpc) is 3.02. The second-order valence-electron chi connectivity index (χ2n) is 5.58. The zero-order chi connectivity index (χ0) is 18.7. The highest BCUT2D eigenvalue weighted by molar-refractivity contribution is 5.71. The summed E-state index contributed by atoms with van der Waals surface area (Å²) in [6, 6.07) is 9.38. The summed E-state index contributed by atoms with van der Waals surface area (Å²) in [7, 11) is 1.58. The third-order valence-electron chi connectivity index (χ3n) is 3.98. The number of carbonyl (C=O) groups is 1. The van der Waals surface area contributed by atoms with Gasteiger partial charge in [-0.2, -0.15) is 10.2 Å². The number of allylic oxidation sites excluding steroid dienone is 1. The van der Waals surface area contributed by atoms with Crippen LogP contribution in [0.15, 0.2) is 35.7 Å². The molecule has 1 aliphatic rings. The van der Waals surface area contributed by atoms with Crippen molar-refractivity contribution in [1.29, 1.82) is 5.26 Å². The maximum absolute atomic E-state index is 11.7. The number of H-pyrrole nitrogens is 1. The van der Waals surface area contributed by atoms with Crippen molar-refractivity contribution in [3.63, 3.8) is 0 Å². The second-order valence-corrected chi connectivity index (χ2v) is 5.58. The second kappa shape index (κ2) is 7.19. The Kier molecular flexibility index (Phi) is 4.80. The van der Waals surface area contributed by atoms with E-state index in [4.69, 9.17) is 19.9 Å². The van der Waals surface area contributed by atoms with Crippen molar-refractivity contribution in [3.8, 4) is 17.7 Å². The van der Waals surface area contributed by atoms with Crippen LogP contribution in [0.25, 0.3) is 0 Å². The minimum Gasteiger partial charge on any atom is -0.497 e. The molecule has 0 saturated carbocycles. The summed E-state index contributed by atoms with van der Waals surface area (Å²) in [4.78, 5) is 19.1. The van der Waals surface area contributed by atoms with E-state index in [2.05, 4.69) is 16.0 Å². The number of nitriles is 1. The molecule has 0 amide bonds. The molecular formula is C18H18N4O4. The predicted octanol–water partition coefficient (Wildman–Crippen LogP) is 1.74. The van der Waals surface area contributed by atoms with E-state index in [0.717, 1.165) is 5.56 Å². The summed E-state index contributed by atoms with van der Waals surface area (Å²) in [6.07, 6.45) is -0.0265. The number of methoxy groups -OCH3 is 1. The maximum Gasteiger partial charge on any atom is 0.313 e. The molecule has 1 unspecified atom stereocenters. The van der Waals surface area contributed by atoms with Crippen molar-refractivity contribution < 1.29 is 19.0 Å². The van der Waals surface area contributed by atoms with Gasteiger partial charge in [0.1, 0.15) is 29.6 Å². The third-order valence-corrected chi connectivity index (χ3v) is 3.98. The molecule has 0 bridgehead atoms. The summed E-state index contributed by atoms with van der Waals surface area (Å²) in [6.45, 7) is 2.02. The van der Waals surface area contributed by atoms with Gasteiger partial charge in [-0.25, -0.2) is 0 Å². The van der Waals surface area contributed by atoms with E-state index in [1.807, 2.05) is 12.1 Å². The molecule has 2 heterocycles. The Balaban J connectivity index is 2.01. The van der Waals surface area contributed by atoms with Crippen LogP contribution in [0.5, 0.6) is 11.6 Å². The highest BCUT2D eigenvalue weighted by Crippen LogP contribution is 2.40. The smallest absolute Gasteiger partial charge is 0.313 e. The Morgan fingerprint density at radius 1 is 1.42 bits per heavy atom. The minimum absolute atomic E-state index is 0.00463.